The van der Waals surface area contributed by atoms with E-state index in [1.807, 2.05) is 12.1 Å². The molecule has 0 saturated carbocycles. The van der Waals surface area contributed by atoms with Crippen molar-refractivity contribution in [3.63, 3.8) is 0 Å². The Hall–Kier alpha value is -2.69. The maximum atomic E-state index is 13.2. The van der Waals surface area contributed by atoms with Crippen LogP contribution >= 0.6 is 0 Å². The normalized spacial score (nSPS) is 21.8. The lowest BCUT2D eigenvalue weighted by Gasteiger charge is -2.49. The van der Waals surface area contributed by atoms with E-state index < -0.39 is 0 Å². The summed E-state index contributed by atoms with van der Waals surface area (Å²) >= 11 is 0. The number of hydrogen-bond acceptors (Lipinski definition) is 4. The number of nitrogens with zero attached hydrogens (tertiary/aromatic N) is 2. The summed E-state index contributed by atoms with van der Waals surface area (Å²) < 4.78 is 5.41. The van der Waals surface area contributed by atoms with Gasteiger partial charge in [0.1, 0.15) is 5.75 Å². The lowest BCUT2D eigenvalue weighted by Crippen LogP contribution is -2.61. The van der Waals surface area contributed by atoms with Crippen LogP contribution in [-0.4, -0.2) is 44.7 Å². The Labute approximate surface area is 173 Å². The minimum absolute atomic E-state index is 0.0488. The largest absolute Gasteiger partial charge is 0.497 e. The van der Waals surface area contributed by atoms with E-state index in [2.05, 4.69) is 65.4 Å². The molecule has 29 heavy (non-hydrogen) atoms. The molecule has 3 atom stereocenters. The summed E-state index contributed by atoms with van der Waals surface area (Å²) in [5, 5.41) is 3.23. The molecule has 0 spiro atoms. The first kappa shape index (κ1) is 19.6. The van der Waals surface area contributed by atoms with Gasteiger partial charge in [0.15, 0.2) is 0 Å². The van der Waals surface area contributed by atoms with Crippen molar-refractivity contribution in [2.24, 2.45) is 5.92 Å². The van der Waals surface area contributed by atoms with Crippen molar-refractivity contribution < 1.29 is 9.53 Å². The molecule has 2 aliphatic rings. The fourth-order valence-corrected chi connectivity index (χ4v) is 4.55. The van der Waals surface area contributed by atoms with Gasteiger partial charge in [-0.1, -0.05) is 31.2 Å². The van der Waals surface area contributed by atoms with Crippen molar-refractivity contribution in [2.45, 2.75) is 38.8 Å². The van der Waals surface area contributed by atoms with Gasteiger partial charge >= 0.3 is 0 Å². The van der Waals surface area contributed by atoms with Crippen LogP contribution in [0.3, 0.4) is 0 Å². The molecule has 5 nitrogen and oxygen atoms in total. The molecule has 1 N–H and O–H groups in total. The molecule has 5 heteroatoms. The van der Waals surface area contributed by atoms with Crippen molar-refractivity contribution >= 4 is 17.3 Å². The SMILES string of the molecule is CC[C@H](C)NC(=O)[C@H]1Cc2ccccc2N2CCN(c3cccc(OC)c3)C[C@H]12. The van der Waals surface area contributed by atoms with Gasteiger partial charge < -0.3 is 19.9 Å². The van der Waals surface area contributed by atoms with Gasteiger partial charge in [0.05, 0.1) is 19.1 Å². The van der Waals surface area contributed by atoms with Crippen molar-refractivity contribution in [1.29, 1.82) is 0 Å². The zero-order chi connectivity index (χ0) is 20.4. The Morgan fingerprint density at radius 2 is 2.03 bits per heavy atom. The number of ether oxygens (including phenoxy) is 1. The molecule has 2 aromatic carbocycles. The Morgan fingerprint density at radius 1 is 1.21 bits per heavy atom. The number of fused-ring (bicyclic) bond motifs is 3. The fraction of sp³-hybridized carbons (Fsp3) is 0.458. The molecule has 2 aromatic rings. The summed E-state index contributed by atoms with van der Waals surface area (Å²) in [6, 6.07) is 17.1. The number of carbonyl (C=O) groups is 1. The van der Waals surface area contributed by atoms with Crippen LogP contribution < -0.4 is 19.9 Å². The molecule has 154 valence electrons. The lowest BCUT2D eigenvalue weighted by atomic mass is 9.83. The maximum Gasteiger partial charge on any atom is 0.225 e. The summed E-state index contributed by atoms with van der Waals surface area (Å²) in [6.07, 6.45) is 1.74. The summed E-state index contributed by atoms with van der Waals surface area (Å²) in [5.74, 6) is 0.994. The molecule has 0 bridgehead atoms. The maximum absolute atomic E-state index is 13.2. The van der Waals surface area contributed by atoms with Crippen molar-refractivity contribution in [1.82, 2.24) is 5.32 Å². The number of piperazine rings is 1. The first-order valence-corrected chi connectivity index (χ1v) is 10.6. The average Bonchev–Trinajstić information content (AvgIpc) is 2.77. The summed E-state index contributed by atoms with van der Waals surface area (Å²) in [6.45, 7) is 6.86. The van der Waals surface area contributed by atoms with E-state index in [1.54, 1.807) is 7.11 Å². The lowest BCUT2D eigenvalue weighted by molar-refractivity contribution is -0.126. The van der Waals surface area contributed by atoms with Gasteiger partial charge in [0.25, 0.3) is 0 Å². The summed E-state index contributed by atoms with van der Waals surface area (Å²) in [4.78, 5) is 18.0. The molecular weight excluding hydrogens is 362 g/mol. The van der Waals surface area contributed by atoms with Gasteiger partial charge in [0, 0.05) is 43.1 Å². The molecule has 0 aliphatic carbocycles. The predicted octanol–water partition coefficient (Wildman–Crippen LogP) is 3.48. The van der Waals surface area contributed by atoms with Crippen LogP contribution in [0.4, 0.5) is 11.4 Å². The average molecular weight is 394 g/mol. The van der Waals surface area contributed by atoms with Crippen molar-refractivity contribution in [3.05, 3.63) is 54.1 Å². The quantitative estimate of drug-likeness (QED) is 0.845. The third-order valence-corrected chi connectivity index (χ3v) is 6.38. The van der Waals surface area contributed by atoms with Crippen LogP contribution in [0.1, 0.15) is 25.8 Å². The van der Waals surface area contributed by atoms with Crippen LogP contribution in [-0.2, 0) is 11.2 Å². The van der Waals surface area contributed by atoms with E-state index in [9.17, 15) is 4.79 Å². The molecule has 2 heterocycles. The van der Waals surface area contributed by atoms with Crippen LogP contribution in [0, 0.1) is 5.92 Å². The van der Waals surface area contributed by atoms with Gasteiger partial charge in [-0.25, -0.2) is 0 Å². The standard InChI is InChI=1S/C24H31N3O2/c1-4-17(2)25-24(28)21-14-18-8-5-6-11-22(18)27-13-12-26(16-23(21)27)19-9-7-10-20(15-19)29-3/h5-11,15,17,21,23H,4,12-14,16H2,1-3H3,(H,25,28)/t17-,21-,23+/m0/s1. The highest BCUT2D eigenvalue weighted by Gasteiger charge is 2.41. The first-order valence-electron chi connectivity index (χ1n) is 10.6. The van der Waals surface area contributed by atoms with Gasteiger partial charge in [-0.05, 0) is 43.5 Å². The number of methoxy groups -OCH3 is 1. The van der Waals surface area contributed by atoms with Crippen LogP contribution in [0.2, 0.25) is 0 Å². The number of hydrogen-bond donors (Lipinski definition) is 1. The zero-order valence-electron chi connectivity index (χ0n) is 17.6. The van der Waals surface area contributed by atoms with E-state index in [0.717, 1.165) is 43.9 Å². The smallest absolute Gasteiger partial charge is 0.225 e. The number of benzene rings is 2. The summed E-state index contributed by atoms with van der Waals surface area (Å²) in [7, 11) is 1.70. The van der Waals surface area contributed by atoms with Gasteiger partial charge in [0.2, 0.25) is 5.91 Å². The van der Waals surface area contributed by atoms with Gasteiger partial charge in [-0.3, -0.25) is 4.79 Å². The Bertz CT molecular complexity index is 869. The number of rotatable bonds is 5. The Morgan fingerprint density at radius 3 is 2.83 bits per heavy atom. The molecule has 1 fully saturated rings. The number of amides is 1. The van der Waals surface area contributed by atoms with E-state index >= 15 is 0 Å². The first-order chi connectivity index (χ1) is 14.1. The molecule has 2 aliphatic heterocycles. The van der Waals surface area contributed by atoms with E-state index in [4.69, 9.17) is 4.74 Å². The third-order valence-electron chi connectivity index (χ3n) is 6.38. The monoisotopic (exact) mass is 393 g/mol. The third kappa shape index (κ3) is 3.91. The van der Waals surface area contributed by atoms with E-state index in [0.29, 0.717) is 0 Å². The predicted molar refractivity (Wildman–Crippen MR) is 118 cm³/mol. The van der Waals surface area contributed by atoms with Gasteiger partial charge in [-0.2, -0.15) is 0 Å². The minimum Gasteiger partial charge on any atom is -0.497 e. The highest BCUT2D eigenvalue weighted by molar-refractivity contribution is 5.82. The van der Waals surface area contributed by atoms with Crippen molar-refractivity contribution in [3.8, 4) is 5.75 Å². The number of carbonyl (C=O) groups excluding carboxylic acids is 1. The number of para-hydroxylation sites is 1. The second-order valence-corrected chi connectivity index (χ2v) is 8.17. The molecule has 1 saturated heterocycles. The Balaban J connectivity index is 1.63. The highest BCUT2D eigenvalue weighted by atomic mass is 16.5. The zero-order valence-corrected chi connectivity index (χ0v) is 17.6. The second-order valence-electron chi connectivity index (χ2n) is 8.17. The number of anilines is 2. The fourth-order valence-electron chi connectivity index (χ4n) is 4.55. The Kier molecular flexibility index (Phi) is 5.65. The number of nitrogens with one attached hydrogen (secondary N) is 1. The van der Waals surface area contributed by atoms with Gasteiger partial charge in [-0.15, -0.1) is 0 Å². The van der Waals surface area contributed by atoms with E-state index in [1.165, 1.54) is 11.3 Å². The van der Waals surface area contributed by atoms with Crippen LogP contribution in [0.15, 0.2) is 48.5 Å². The molecule has 0 radical (unpaired) electrons. The molecular formula is C24H31N3O2. The highest BCUT2D eigenvalue weighted by Crippen LogP contribution is 2.37. The molecule has 0 unspecified atom stereocenters. The molecule has 1 amide bonds. The minimum atomic E-state index is -0.0488. The van der Waals surface area contributed by atoms with Crippen molar-refractivity contribution in [2.75, 3.05) is 36.5 Å². The topological polar surface area (TPSA) is 44.8 Å². The molecule has 4 rings (SSSR count). The van der Waals surface area contributed by atoms with Crippen LogP contribution in [0.5, 0.6) is 5.75 Å². The van der Waals surface area contributed by atoms with Crippen LogP contribution in [0.25, 0.3) is 0 Å². The molecule has 0 aromatic heterocycles. The second kappa shape index (κ2) is 8.36. The summed E-state index contributed by atoms with van der Waals surface area (Å²) in [5.41, 5.74) is 3.72. The van der Waals surface area contributed by atoms with E-state index in [-0.39, 0.29) is 23.9 Å².